The molecular formula is C18H24O8. The molecule has 8 nitrogen and oxygen atoms in total. The predicted octanol–water partition coefficient (Wildman–Crippen LogP) is 2.61. The molecule has 0 aliphatic heterocycles. The predicted molar refractivity (Wildman–Crippen MR) is 92.0 cm³/mol. The molecule has 1 aromatic rings. The van der Waals surface area contributed by atoms with Gasteiger partial charge in [-0.25, -0.2) is 9.59 Å². The van der Waals surface area contributed by atoms with Gasteiger partial charge in [0.15, 0.2) is 0 Å². The van der Waals surface area contributed by atoms with Gasteiger partial charge in [0.05, 0.1) is 16.5 Å². The second-order valence-corrected chi connectivity index (χ2v) is 5.88. The number of carboxylic acids is 2. The lowest BCUT2D eigenvalue weighted by Gasteiger charge is -2.20. The van der Waals surface area contributed by atoms with Crippen LogP contribution in [0, 0.1) is 5.41 Å². The van der Waals surface area contributed by atoms with Crippen LogP contribution in [0.5, 0.6) is 0 Å². The van der Waals surface area contributed by atoms with Gasteiger partial charge in [-0.15, -0.1) is 0 Å². The van der Waals surface area contributed by atoms with Gasteiger partial charge < -0.3 is 19.7 Å². The summed E-state index contributed by atoms with van der Waals surface area (Å²) >= 11 is 0. The Morgan fingerprint density at radius 1 is 0.962 bits per heavy atom. The van der Waals surface area contributed by atoms with Crippen molar-refractivity contribution < 1.29 is 38.9 Å². The molecule has 0 spiro atoms. The Bertz CT molecular complexity index is 644. The van der Waals surface area contributed by atoms with E-state index in [-0.39, 0.29) is 30.3 Å². The average Bonchev–Trinajstić information content (AvgIpc) is 2.57. The van der Waals surface area contributed by atoms with E-state index in [4.69, 9.17) is 24.5 Å². The van der Waals surface area contributed by atoms with E-state index in [0.717, 1.165) is 6.92 Å². The van der Waals surface area contributed by atoms with Crippen molar-refractivity contribution >= 4 is 23.9 Å². The summed E-state index contributed by atoms with van der Waals surface area (Å²) in [6, 6.07) is 5.77. The first kappa shape index (κ1) is 23.1. The van der Waals surface area contributed by atoms with E-state index >= 15 is 0 Å². The van der Waals surface area contributed by atoms with Crippen LogP contribution in [0.25, 0.3) is 0 Å². The number of ether oxygens (including phenoxy) is 2. The van der Waals surface area contributed by atoms with E-state index in [2.05, 4.69) is 0 Å². The SMILES string of the molecule is CC(=O)O.CCC(C)(C)C(=O)OCCOC(=O)c1ccccc1C(=O)O. The Labute approximate surface area is 151 Å². The summed E-state index contributed by atoms with van der Waals surface area (Å²) in [4.78, 5) is 43.6. The maximum atomic E-state index is 11.8. The number of aromatic carboxylic acids is 1. The summed E-state index contributed by atoms with van der Waals surface area (Å²) in [6.45, 7) is 6.31. The molecule has 0 aromatic heterocycles. The number of carboxylic acid groups (broad SMARTS) is 2. The maximum Gasteiger partial charge on any atom is 0.339 e. The number of rotatable bonds is 7. The summed E-state index contributed by atoms with van der Waals surface area (Å²) in [5.74, 6) is -3.16. The van der Waals surface area contributed by atoms with E-state index in [1.807, 2.05) is 6.92 Å². The second-order valence-electron chi connectivity index (χ2n) is 5.88. The molecular weight excluding hydrogens is 344 g/mol. The summed E-state index contributed by atoms with van der Waals surface area (Å²) in [5.41, 5.74) is -0.744. The highest BCUT2D eigenvalue weighted by Gasteiger charge is 2.27. The fourth-order valence-corrected chi connectivity index (χ4v) is 1.53. The molecule has 1 rings (SSSR count). The van der Waals surface area contributed by atoms with Crippen molar-refractivity contribution in [3.05, 3.63) is 35.4 Å². The van der Waals surface area contributed by atoms with Gasteiger partial charge in [0.1, 0.15) is 13.2 Å². The smallest absolute Gasteiger partial charge is 0.339 e. The standard InChI is InChI=1S/C16H20O6.C2H4O2/c1-4-16(2,3)15(20)22-10-9-21-14(19)12-8-6-5-7-11(12)13(17)18;1-2(3)4/h5-8H,4,9-10H2,1-3H3,(H,17,18);1H3,(H,3,4). The number of carbonyl (C=O) groups excluding carboxylic acids is 2. The van der Waals surface area contributed by atoms with Crippen LogP contribution in [0.1, 0.15) is 54.8 Å². The third kappa shape index (κ3) is 8.27. The van der Waals surface area contributed by atoms with E-state index in [1.54, 1.807) is 19.9 Å². The molecule has 0 saturated carbocycles. The maximum absolute atomic E-state index is 11.8. The molecule has 2 N–H and O–H groups in total. The number of hydrogen-bond acceptors (Lipinski definition) is 6. The highest BCUT2D eigenvalue weighted by molar-refractivity contribution is 6.02. The Kier molecular flexibility index (Phi) is 9.65. The normalized spacial score (nSPS) is 10.2. The molecule has 0 aliphatic rings. The molecule has 0 saturated heterocycles. The minimum Gasteiger partial charge on any atom is -0.481 e. The van der Waals surface area contributed by atoms with Crippen molar-refractivity contribution in [2.24, 2.45) is 5.41 Å². The van der Waals surface area contributed by atoms with Crippen molar-refractivity contribution in [1.29, 1.82) is 0 Å². The van der Waals surface area contributed by atoms with E-state index in [0.29, 0.717) is 6.42 Å². The minimum absolute atomic E-state index is 0.0322. The number of carbonyl (C=O) groups is 4. The van der Waals surface area contributed by atoms with E-state index < -0.39 is 23.3 Å². The fourth-order valence-electron chi connectivity index (χ4n) is 1.53. The highest BCUT2D eigenvalue weighted by Crippen LogP contribution is 2.21. The highest BCUT2D eigenvalue weighted by atomic mass is 16.6. The summed E-state index contributed by atoms with van der Waals surface area (Å²) in [6.07, 6.45) is 0.637. The van der Waals surface area contributed by atoms with Crippen LogP contribution < -0.4 is 0 Å². The van der Waals surface area contributed by atoms with E-state index in [1.165, 1.54) is 18.2 Å². The van der Waals surface area contributed by atoms with Gasteiger partial charge in [0.2, 0.25) is 0 Å². The average molecular weight is 368 g/mol. The van der Waals surface area contributed by atoms with Gasteiger partial charge >= 0.3 is 17.9 Å². The lowest BCUT2D eigenvalue weighted by atomic mass is 9.91. The van der Waals surface area contributed by atoms with Crippen molar-refractivity contribution in [3.63, 3.8) is 0 Å². The zero-order valence-electron chi connectivity index (χ0n) is 15.3. The molecule has 1 aromatic carbocycles. The van der Waals surface area contributed by atoms with Crippen LogP contribution in [-0.2, 0) is 19.1 Å². The molecule has 0 fully saturated rings. The van der Waals surface area contributed by atoms with Crippen LogP contribution in [0.4, 0.5) is 0 Å². The number of benzene rings is 1. The first-order valence-corrected chi connectivity index (χ1v) is 7.89. The van der Waals surface area contributed by atoms with Gasteiger partial charge in [-0.05, 0) is 32.4 Å². The topological polar surface area (TPSA) is 127 Å². The van der Waals surface area contributed by atoms with Crippen molar-refractivity contribution in [1.82, 2.24) is 0 Å². The second kappa shape index (κ2) is 10.9. The number of esters is 2. The molecule has 0 bridgehead atoms. The first-order valence-electron chi connectivity index (χ1n) is 7.89. The molecule has 0 atom stereocenters. The molecule has 0 radical (unpaired) electrons. The van der Waals surface area contributed by atoms with Crippen LogP contribution in [0.15, 0.2) is 24.3 Å². The summed E-state index contributed by atoms with van der Waals surface area (Å²) < 4.78 is 9.97. The molecule has 0 aliphatic carbocycles. The third-order valence-corrected chi connectivity index (χ3v) is 3.36. The zero-order valence-corrected chi connectivity index (χ0v) is 15.3. The summed E-state index contributed by atoms with van der Waals surface area (Å²) in [5, 5.41) is 16.4. The van der Waals surface area contributed by atoms with Crippen molar-refractivity contribution in [2.75, 3.05) is 13.2 Å². The van der Waals surface area contributed by atoms with Crippen LogP contribution in [0.3, 0.4) is 0 Å². The van der Waals surface area contributed by atoms with Gasteiger partial charge in [0.25, 0.3) is 5.97 Å². The molecule has 8 heteroatoms. The largest absolute Gasteiger partial charge is 0.481 e. The molecule has 0 heterocycles. The fraction of sp³-hybridized carbons (Fsp3) is 0.444. The Hall–Kier alpha value is -2.90. The third-order valence-electron chi connectivity index (χ3n) is 3.36. The molecule has 26 heavy (non-hydrogen) atoms. The van der Waals surface area contributed by atoms with Crippen molar-refractivity contribution in [3.8, 4) is 0 Å². The Balaban J connectivity index is 0.00000141. The van der Waals surface area contributed by atoms with Gasteiger partial charge in [-0.2, -0.15) is 0 Å². The summed E-state index contributed by atoms with van der Waals surface area (Å²) in [7, 11) is 0. The van der Waals surface area contributed by atoms with Gasteiger partial charge in [-0.1, -0.05) is 19.1 Å². The van der Waals surface area contributed by atoms with E-state index in [9.17, 15) is 14.4 Å². The first-order chi connectivity index (χ1) is 12.0. The van der Waals surface area contributed by atoms with Gasteiger partial charge in [0, 0.05) is 6.92 Å². The van der Waals surface area contributed by atoms with Crippen LogP contribution in [0.2, 0.25) is 0 Å². The lowest BCUT2D eigenvalue weighted by Crippen LogP contribution is -2.27. The molecule has 144 valence electrons. The Morgan fingerprint density at radius 3 is 1.88 bits per heavy atom. The van der Waals surface area contributed by atoms with Crippen LogP contribution in [-0.4, -0.2) is 47.3 Å². The molecule has 0 unspecified atom stereocenters. The monoisotopic (exact) mass is 368 g/mol. The lowest BCUT2D eigenvalue weighted by molar-refractivity contribution is -0.155. The van der Waals surface area contributed by atoms with Crippen molar-refractivity contribution in [2.45, 2.75) is 34.1 Å². The zero-order chi connectivity index (χ0) is 20.3. The van der Waals surface area contributed by atoms with Crippen LogP contribution >= 0.6 is 0 Å². The minimum atomic E-state index is -1.20. The Morgan fingerprint density at radius 2 is 1.42 bits per heavy atom. The number of aliphatic carboxylic acids is 1. The quantitative estimate of drug-likeness (QED) is 0.555. The molecule has 0 amide bonds. The van der Waals surface area contributed by atoms with Gasteiger partial charge in [-0.3, -0.25) is 9.59 Å². The number of hydrogen-bond donors (Lipinski definition) is 2.